The Morgan fingerprint density at radius 2 is 1.71 bits per heavy atom. The van der Waals surface area contributed by atoms with Gasteiger partial charge < -0.3 is 30.7 Å². The van der Waals surface area contributed by atoms with Gasteiger partial charge in [-0.1, -0.05) is 20.8 Å². The summed E-state index contributed by atoms with van der Waals surface area (Å²) >= 11 is 0. The second-order valence-electron chi connectivity index (χ2n) is 15.9. The van der Waals surface area contributed by atoms with E-state index in [9.17, 15) is 24.9 Å². The topological polar surface area (TPSA) is 128 Å². The summed E-state index contributed by atoms with van der Waals surface area (Å²) in [4.78, 5) is 25.3. The summed E-state index contributed by atoms with van der Waals surface area (Å²) in [5, 5.41) is 39.7. The Kier molecular flexibility index (Phi) is 9.41. The third-order valence-corrected chi connectivity index (χ3v) is 13.5. The van der Waals surface area contributed by atoms with Gasteiger partial charge in [0, 0.05) is 12.3 Å². The number of fused-ring (bicyclic) bond motifs is 5. The molecule has 3 unspecified atom stereocenters. The Morgan fingerprint density at radius 3 is 2.43 bits per heavy atom. The molecule has 1 saturated heterocycles. The standard InChI is InChI=1S/C34H58N2O6/c1-20(6-9-29(40)36-19-30(41)42-32(2,3)21-11-14-35-15-12-21)24-7-8-25-31-26(18-28(39)34(24,25)5)33(4)13-10-23(37)16-22(33)17-27(31)38/h20-28,31,35,37-39H,6-19H2,1-5H3,(H,36,40)/t20-,22+,23?,24-,25+,26+,27?,28?,31+,33+,34-/m1/s1. The number of nitrogens with one attached hydrogen (secondary N) is 2. The highest BCUT2D eigenvalue weighted by Crippen LogP contribution is 2.68. The van der Waals surface area contributed by atoms with Crippen molar-refractivity contribution in [1.82, 2.24) is 10.6 Å². The van der Waals surface area contributed by atoms with E-state index >= 15 is 0 Å². The van der Waals surface area contributed by atoms with Crippen molar-refractivity contribution in [3.63, 3.8) is 0 Å². The predicted molar refractivity (Wildman–Crippen MR) is 161 cm³/mol. The van der Waals surface area contributed by atoms with E-state index in [1.54, 1.807) is 0 Å². The van der Waals surface area contributed by atoms with Crippen LogP contribution in [0.25, 0.3) is 0 Å². The molecule has 5 fully saturated rings. The molecule has 5 rings (SSSR count). The Hall–Kier alpha value is -1.22. The van der Waals surface area contributed by atoms with E-state index in [4.69, 9.17) is 4.74 Å². The second kappa shape index (κ2) is 12.3. The van der Waals surface area contributed by atoms with E-state index < -0.39 is 11.7 Å². The Balaban J connectivity index is 1.15. The SMILES string of the molecule is C[C@H](CCC(=O)NCC(=O)OC(C)(C)C1CCNCC1)[C@H]1CC[C@H]2[C@@H]3C(O)C[C@@H]4CC(O)CC[C@]4(C)[C@H]3CC(O)[C@]12C. The number of hydrogen-bond donors (Lipinski definition) is 5. The minimum Gasteiger partial charge on any atom is -0.458 e. The first-order valence-electron chi connectivity index (χ1n) is 17.0. The lowest BCUT2D eigenvalue weighted by Gasteiger charge is -2.63. The number of aliphatic hydroxyl groups is 3. The second-order valence-corrected chi connectivity index (χ2v) is 15.9. The summed E-state index contributed by atoms with van der Waals surface area (Å²) < 4.78 is 5.77. The first-order valence-corrected chi connectivity index (χ1v) is 17.0. The van der Waals surface area contributed by atoms with Gasteiger partial charge >= 0.3 is 5.97 Å². The first-order chi connectivity index (χ1) is 19.8. The molecular formula is C34H58N2O6. The van der Waals surface area contributed by atoms with Gasteiger partial charge in [0.15, 0.2) is 0 Å². The summed E-state index contributed by atoms with van der Waals surface area (Å²) in [5.74, 6) is 1.38. The molecular weight excluding hydrogens is 532 g/mol. The fourth-order valence-corrected chi connectivity index (χ4v) is 10.9. The van der Waals surface area contributed by atoms with Crippen molar-refractivity contribution in [2.24, 2.45) is 52.3 Å². The zero-order valence-electron chi connectivity index (χ0n) is 26.7. The summed E-state index contributed by atoms with van der Waals surface area (Å²) in [6.07, 6.45) is 7.98. The van der Waals surface area contributed by atoms with Crippen LogP contribution in [0.15, 0.2) is 0 Å². The fraction of sp³-hybridized carbons (Fsp3) is 0.941. The number of carbonyl (C=O) groups is 2. The van der Waals surface area contributed by atoms with Crippen LogP contribution in [0.5, 0.6) is 0 Å². The van der Waals surface area contributed by atoms with Gasteiger partial charge in [-0.05, 0) is 137 Å². The Bertz CT molecular complexity index is 983. The quantitative estimate of drug-likeness (QED) is 0.272. The van der Waals surface area contributed by atoms with Crippen LogP contribution in [0.1, 0.15) is 105 Å². The van der Waals surface area contributed by atoms with Crippen LogP contribution in [0.4, 0.5) is 0 Å². The van der Waals surface area contributed by atoms with Gasteiger partial charge in [0.25, 0.3) is 0 Å². The van der Waals surface area contributed by atoms with Crippen molar-refractivity contribution < 1.29 is 29.6 Å². The summed E-state index contributed by atoms with van der Waals surface area (Å²) in [5.41, 5.74) is -0.758. The molecule has 4 aliphatic carbocycles. The molecule has 0 aromatic rings. The number of hydrogen-bond acceptors (Lipinski definition) is 7. The molecule has 8 nitrogen and oxygen atoms in total. The minimum absolute atomic E-state index is 0.0667. The zero-order valence-corrected chi connectivity index (χ0v) is 26.7. The maximum atomic E-state index is 12.8. The number of piperidine rings is 1. The average molecular weight is 591 g/mol. The molecule has 0 radical (unpaired) electrons. The van der Waals surface area contributed by atoms with Crippen LogP contribution in [-0.2, 0) is 14.3 Å². The lowest BCUT2D eigenvalue weighted by Crippen LogP contribution is -2.62. The van der Waals surface area contributed by atoms with E-state index in [0.29, 0.717) is 24.7 Å². The normalized spacial score (nSPS) is 43.0. The number of carbonyl (C=O) groups excluding carboxylic acids is 2. The lowest BCUT2D eigenvalue weighted by molar-refractivity contribution is -0.207. The third kappa shape index (κ3) is 5.91. The Morgan fingerprint density at radius 1 is 1.00 bits per heavy atom. The highest BCUT2D eigenvalue weighted by atomic mass is 16.6. The van der Waals surface area contributed by atoms with Gasteiger partial charge in [-0.3, -0.25) is 9.59 Å². The minimum atomic E-state index is -0.546. The van der Waals surface area contributed by atoms with Gasteiger partial charge in [-0.15, -0.1) is 0 Å². The van der Waals surface area contributed by atoms with E-state index in [2.05, 4.69) is 31.4 Å². The molecule has 42 heavy (non-hydrogen) atoms. The number of rotatable bonds is 8. The zero-order chi connectivity index (χ0) is 30.4. The number of ether oxygens (including phenoxy) is 1. The van der Waals surface area contributed by atoms with Crippen LogP contribution in [0.2, 0.25) is 0 Å². The molecule has 5 N–H and O–H groups in total. The van der Waals surface area contributed by atoms with Crippen molar-refractivity contribution in [1.29, 1.82) is 0 Å². The number of amides is 1. The molecule has 1 heterocycles. The van der Waals surface area contributed by atoms with Gasteiger partial charge in [-0.25, -0.2) is 0 Å². The molecule has 5 aliphatic rings. The van der Waals surface area contributed by atoms with E-state index in [1.807, 2.05) is 13.8 Å². The fourth-order valence-electron chi connectivity index (χ4n) is 10.9. The molecule has 4 saturated carbocycles. The maximum absolute atomic E-state index is 12.8. The molecule has 1 aliphatic heterocycles. The smallest absolute Gasteiger partial charge is 0.325 e. The summed E-state index contributed by atoms with van der Waals surface area (Å²) in [6, 6.07) is 0. The van der Waals surface area contributed by atoms with Crippen LogP contribution in [0, 0.1) is 52.3 Å². The predicted octanol–water partition coefficient (Wildman–Crippen LogP) is 3.80. The molecule has 1 amide bonds. The van der Waals surface area contributed by atoms with Crippen molar-refractivity contribution in [2.75, 3.05) is 19.6 Å². The average Bonchev–Trinajstić information content (AvgIpc) is 3.31. The summed E-state index contributed by atoms with van der Waals surface area (Å²) in [6.45, 7) is 12.5. The number of esters is 1. The van der Waals surface area contributed by atoms with Crippen molar-refractivity contribution >= 4 is 11.9 Å². The molecule has 0 aromatic carbocycles. The van der Waals surface area contributed by atoms with Crippen LogP contribution in [-0.4, -0.2) is 70.7 Å². The highest BCUT2D eigenvalue weighted by molar-refractivity contribution is 5.82. The maximum Gasteiger partial charge on any atom is 0.325 e. The Labute approximate surface area is 253 Å². The van der Waals surface area contributed by atoms with E-state index in [1.165, 1.54) is 0 Å². The van der Waals surface area contributed by atoms with E-state index in [-0.39, 0.29) is 71.0 Å². The van der Waals surface area contributed by atoms with Crippen LogP contribution < -0.4 is 10.6 Å². The van der Waals surface area contributed by atoms with Crippen molar-refractivity contribution in [3.05, 3.63) is 0 Å². The monoisotopic (exact) mass is 590 g/mol. The molecule has 11 atom stereocenters. The van der Waals surface area contributed by atoms with Gasteiger partial charge in [0.05, 0.1) is 18.3 Å². The van der Waals surface area contributed by atoms with Crippen molar-refractivity contribution in [3.8, 4) is 0 Å². The number of aliphatic hydroxyl groups excluding tert-OH is 3. The largest absolute Gasteiger partial charge is 0.458 e. The first kappa shape index (κ1) is 32.2. The molecule has 0 spiro atoms. The molecule has 0 aromatic heterocycles. The van der Waals surface area contributed by atoms with E-state index in [0.717, 1.165) is 70.9 Å². The van der Waals surface area contributed by atoms with Crippen LogP contribution in [0.3, 0.4) is 0 Å². The third-order valence-electron chi connectivity index (χ3n) is 13.5. The van der Waals surface area contributed by atoms with Crippen LogP contribution >= 0.6 is 0 Å². The molecule has 8 heteroatoms. The lowest BCUT2D eigenvalue weighted by atomic mass is 9.43. The van der Waals surface area contributed by atoms with Crippen molar-refractivity contribution in [2.45, 2.75) is 129 Å². The molecule has 0 bridgehead atoms. The summed E-state index contributed by atoms with van der Waals surface area (Å²) in [7, 11) is 0. The van der Waals surface area contributed by atoms with Gasteiger partial charge in [-0.2, -0.15) is 0 Å². The van der Waals surface area contributed by atoms with Gasteiger partial charge in [0.2, 0.25) is 5.91 Å². The molecule has 240 valence electrons. The van der Waals surface area contributed by atoms with Gasteiger partial charge in [0.1, 0.15) is 12.1 Å². The highest BCUT2D eigenvalue weighted by Gasteiger charge is 2.65.